The quantitative estimate of drug-likeness (QED) is 0.0300. The number of esters is 4. The number of rotatable bonds is 12. The van der Waals surface area contributed by atoms with Crippen molar-refractivity contribution in [1.29, 1.82) is 0 Å². The summed E-state index contributed by atoms with van der Waals surface area (Å²) in [6.07, 6.45) is 1.68. The highest BCUT2D eigenvalue weighted by molar-refractivity contribution is 9.24. The Balaban J connectivity index is 0.000000470. The van der Waals surface area contributed by atoms with Crippen LogP contribution in [0.25, 0.3) is 0 Å². The first-order valence-corrected chi connectivity index (χ1v) is 25.5. The van der Waals surface area contributed by atoms with Crippen molar-refractivity contribution in [2.24, 2.45) is 0 Å². The fourth-order valence-electron chi connectivity index (χ4n) is 5.93. The van der Waals surface area contributed by atoms with E-state index in [0.717, 1.165) is 49.3 Å². The van der Waals surface area contributed by atoms with Crippen LogP contribution < -0.4 is 0 Å². The zero-order valence-electron chi connectivity index (χ0n) is 44.1. The molecule has 13 nitrogen and oxygen atoms in total. The van der Waals surface area contributed by atoms with Gasteiger partial charge in [-0.3, -0.25) is 4.79 Å². The number of aromatic carboxylic acids is 1. The van der Waals surface area contributed by atoms with Crippen LogP contribution in [0.4, 0.5) is 22.0 Å². The third kappa shape index (κ3) is 26.6. The Labute approximate surface area is 463 Å². The Bertz CT molecular complexity index is 2730. The molecule has 0 aromatic heterocycles. The van der Waals surface area contributed by atoms with Crippen molar-refractivity contribution in [3.63, 3.8) is 0 Å². The average molecular weight is 1210 g/mol. The largest absolute Gasteiger partial charge is 0.478 e. The molecule has 1 heterocycles. The second-order valence-electron chi connectivity index (χ2n) is 17.4. The van der Waals surface area contributed by atoms with E-state index in [9.17, 15) is 50.7 Å². The van der Waals surface area contributed by atoms with E-state index >= 15 is 0 Å². The van der Waals surface area contributed by atoms with Gasteiger partial charge in [0.1, 0.15) is 36.9 Å². The van der Waals surface area contributed by atoms with Crippen molar-refractivity contribution in [2.45, 2.75) is 123 Å². The third-order valence-electron chi connectivity index (χ3n) is 9.48. The maximum atomic E-state index is 13.1. The number of aryl methyl sites for hydroxylation is 2. The molecule has 0 saturated carbocycles. The SMILES string of the molecule is CC(C)OC(=O)c1cc(F)ccc1C(Br)Br.CC(C)OC(=O)c1cc(F)ccc1C=O.CC(C)OC(=O)c1cc(F)ccc1CO.Cc1ccc(F)cc1C(=O)O.Cc1ccc(F)cc1C(=O)OC(C)C.[B]C1CCCO1. The van der Waals surface area contributed by atoms with Gasteiger partial charge in [-0.1, -0.05) is 56.1 Å². The Morgan fingerprint density at radius 1 is 0.584 bits per heavy atom. The van der Waals surface area contributed by atoms with E-state index in [-0.39, 0.29) is 68.6 Å². The Hall–Kier alpha value is -6.29. The summed E-state index contributed by atoms with van der Waals surface area (Å²) in [4.78, 5) is 67.1. The van der Waals surface area contributed by atoms with Crippen LogP contribution in [0.5, 0.6) is 0 Å². The molecule has 5 aromatic carbocycles. The number of alkyl halides is 2. The van der Waals surface area contributed by atoms with Crippen LogP contribution in [0.15, 0.2) is 91.0 Å². The van der Waals surface area contributed by atoms with Crippen molar-refractivity contribution in [3.8, 4) is 0 Å². The highest BCUT2D eigenvalue weighted by Gasteiger charge is 2.20. The lowest BCUT2D eigenvalue weighted by atomic mass is 9.98. The van der Waals surface area contributed by atoms with Gasteiger partial charge in [0.05, 0.1) is 62.6 Å². The first-order valence-electron chi connectivity index (χ1n) is 23.7. The highest BCUT2D eigenvalue weighted by Crippen LogP contribution is 2.32. The number of aldehydes is 1. The van der Waals surface area contributed by atoms with Gasteiger partial charge in [0, 0.05) is 18.2 Å². The lowest BCUT2D eigenvalue weighted by Gasteiger charge is -2.12. The van der Waals surface area contributed by atoms with Gasteiger partial charge in [-0.15, -0.1) is 0 Å². The van der Waals surface area contributed by atoms with Gasteiger partial charge in [0.2, 0.25) is 0 Å². The molecule has 0 amide bonds. The zero-order chi connectivity index (χ0) is 58.7. The summed E-state index contributed by atoms with van der Waals surface area (Å²) in [5.74, 6) is -5.90. The van der Waals surface area contributed by atoms with Crippen LogP contribution in [0.2, 0.25) is 0 Å². The van der Waals surface area contributed by atoms with Crippen LogP contribution in [-0.4, -0.2) is 91.2 Å². The summed E-state index contributed by atoms with van der Waals surface area (Å²) in [5, 5.41) is 17.5. The number of halogens is 7. The van der Waals surface area contributed by atoms with Crippen LogP contribution in [0.3, 0.4) is 0 Å². The molecule has 1 aliphatic rings. The number of carboxylic acid groups (broad SMARTS) is 1. The van der Waals surface area contributed by atoms with Crippen molar-refractivity contribution < 1.29 is 84.6 Å². The van der Waals surface area contributed by atoms with Crippen LogP contribution in [0.1, 0.15) is 156 Å². The second kappa shape index (κ2) is 35.2. The van der Waals surface area contributed by atoms with Gasteiger partial charge in [0.15, 0.2) is 6.29 Å². The summed E-state index contributed by atoms with van der Waals surface area (Å²) >= 11 is 6.56. The molecule has 21 heteroatoms. The number of carbonyl (C=O) groups excluding carboxylic acids is 5. The van der Waals surface area contributed by atoms with Gasteiger partial charge in [-0.25, -0.2) is 45.9 Å². The first-order chi connectivity index (χ1) is 36.0. The molecule has 2 radical (unpaired) electrons. The van der Waals surface area contributed by atoms with Gasteiger partial charge < -0.3 is 33.9 Å². The summed E-state index contributed by atoms with van der Waals surface area (Å²) in [7, 11) is 5.31. The number of hydrogen-bond donors (Lipinski definition) is 2. The molecule has 1 fully saturated rings. The maximum Gasteiger partial charge on any atom is 0.339 e. The minimum atomic E-state index is -1.10. The molecule has 0 spiro atoms. The molecule has 5 aromatic rings. The minimum absolute atomic E-state index is 0.0185. The molecule has 6 rings (SSSR count). The molecule has 77 heavy (non-hydrogen) atoms. The summed E-state index contributed by atoms with van der Waals surface area (Å²) in [5.41, 5.74) is 2.99. The van der Waals surface area contributed by atoms with Crippen LogP contribution in [0, 0.1) is 42.9 Å². The summed E-state index contributed by atoms with van der Waals surface area (Å²) in [6.45, 7) is 17.7. The van der Waals surface area contributed by atoms with Gasteiger partial charge in [-0.2, -0.15) is 0 Å². The number of benzene rings is 5. The molecule has 0 aliphatic carbocycles. The van der Waals surface area contributed by atoms with Crippen molar-refractivity contribution in [1.82, 2.24) is 0 Å². The molecular weight excluding hydrogens is 1150 g/mol. The van der Waals surface area contributed by atoms with Gasteiger partial charge in [0.25, 0.3) is 0 Å². The highest BCUT2D eigenvalue weighted by atomic mass is 79.9. The van der Waals surface area contributed by atoms with E-state index in [0.29, 0.717) is 28.5 Å². The lowest BCUT2D eigenvalue weighted by Crippen LogP contribution is -2.14. The van der Waals surface area contributed by atoms with E-state index in [1.165, 1.54) is 54.6 Å². The molecule has 1 atom stereocenters. The van der Waals surface area contributed by atoms with E-state index in [2.05, 4.69) is 31.9 Å². The molecule has 1 aliphatic heterocycles. The molecule has 0 bridgehead atoms. The number of aliphatic hydroxyl groups is 1. The molecule has 2 N–H and O–H groups in total. The van der Waals surface area contributed by atoms with E-state index in [4.69, 9.17) is 41.7 Å². The Kier molecular flexibility index (Phi) is 31.4. The average Bonchev–Trinajstić information content (AvgIpc) is 3.83. The predicted octanol–water partition coefficient (Wildman–Crippen LogP) is 13.1. The predicted molar refractivity (Wildman–Crippen MR) is 287 cm³/mol. The Morgan fingerprint density at radius 2 is 0.948 bits per heavy atom. The third-order valence-corrected chi connectivity index (χ3v) is 10.5. The van der Waals surface area contributed by atoms with Crippen LogP contribution >= 0.6 is 31.9 Å². The van der Waals surface area contributed by atoms with Gasteiger partial charge in [-0.05, 0) is 171 Å². The molecule has 1 saturated heterocycles. The first kappa shape index (κ1) is 68.7. The molecular formula is C56H62BBr2F5O13. The minimum Gasteiger partial charge on any atom is -0.478 e. The zero-order valence-corrected chi connectivity index (χ0v) is 47.3. The van der Waals surface area contributed by atoms with E-state index in [1.807, 2.05) is 0 Å². The fourth-order valence-corrected chi connectivity index (χ4v) is 6.73. The number of carbonyl (C=O) groups is 6. The number of carboxylic acids is 1. The van der Waals surface area contributed by atoms with E-state index < -0.39 is 58.9 Å². The smallest absolute Gasteiger partial charge is 0.339 e. The summed E-state index contributed by atoms with van der Waals surface area (Å²) in [6, 6.07) is 18.8. The van der Waals surface area contributed by atoms with Crippen molar-refractivity contribution in [3.05, 3.63) is 176 Å². The fraction of sp³-hybridized carbons (Fsp3) is 0.357. The Morgan fingerprint density at radius 3 is 1.32 bits per heavy atom. The topological polar surface area (TPSA) is 189 Å². The standard InChI is InChI=1S/C11H11Br2FO2.C11H13FO3.C11H11FO3.C11H13FO2.C8H7FO2.C4H7BO/c1-6(2)16-11(15)9-5-7(14)3-4-8(9)10(12)13;2*1-7(2)15-11(14)10-5-9(12)4-3-8(10)6-13;1-7(2)14-11(13)10-6-9(12)5-4-8(10)3;1-5-2-3-6(9)4-7(5)8(10)11;5-4-2-1-3-6-4/h3-6,10H,1-2H3;3-5,7,13H,6H2,1-2H3;3-7H,1-2H3;4-7H,1-3H3;2-4H,1H3,(H,10,11);4H,1-3H2. The number of hydrogen-bond acceptors (Lipinski definition) is 12. The maximum absolute atomic E-state index is 13.1. The van der Waals surface area contributed by atoms with Crippen LogP contribution in [-0.2, 0) is 30.3 Å². The lowest BCUT2D eigenvalue weighted by molar-refractivity contribution is 0.0364. The second-order valence-corrected chi connectivity index (χ2v) is 20.5. The van der Waals surface area contributed by atoms with Crippen molar-refractivity contribution >= 4 is 75.8 Å². The molecule has 416 valence electrons. The summed E-state index contributed by atoms with van der Waals surface area (Å²) < 4.78 is 88.6. The van der Waals surface area contributed by atoms with E-state index in [1.54, 1.807) is 81.4 Å². The molecule has 1 unspecified atom stereocenters. The monoisotopic (exact) mass is 1210 g/mol. The number of ether oxygens (including phenoxy) is 5. The normalized spacial score (nSPS) is 12.2. The van der Waals surface area contributed by atoms with Crippen molar-refractivity contribution in [2.75, 3.05) is 6.61 Å². The van der Waals surface area contributed by atoms with Gasteiger partial charge >= 0.3 is 29.8 Å². The number of aliphatic hydroxyl groups excluding tert-OH is 1.